The third-order valence-corrected chi connectivity index (χ3v) is 5.45. The first-order chi connectivity index (χ1) is 10.1. The van der Waals surface area contributed by atoms with Gasteiger partial charge in [0, 0.05) is 11.1 Å². The number of hydrogen-bond donors (Lipinski definition) is 1. The second-order valence-electron chi connectivity index (χ2n) is 6.26. The molecular formula is C17H22BrNO2. The first-order valence-corrected chi connectivity index (χ1v) is 8.60. The van der Waals surface area contributed by atoms with E-state index in [1.54, 1.807) is 0 Å². The standard InChI is InChI=1S/C17H22BrNO2/c1-12(15-4-2-11-21-15)19-16(20)17(9-3-10-17)13-5-7-14(18)8-6-13/h5-8,12,15H,2-4,9-11H2,1H3,(H,19,20). The van der Waals surface area contributed by atoms with Crippen molar-refractivity contribution in [3.8, 4) is 0 Å². The molecule has 1 aromatic rings. The molecule has 1 saturated carbocycles. The summed E-state index contributed by atoms with van der Waals surface area (Å²) < 4.78 is 6.73. The van der Waals surface area contributed by atoms with Crippen molar-refractivity contribution in [3.63, 3.8) is 0 Å². The summed E-state index contributed by atoms with van der Waals surface area (Å²) in [5, 5.41) is 3.20. The van der Waals surface area contributed by atoms with Crippen LogP contribution in [0.5, 0.6) is 0 Å². The monoisotopic (exact) mass is 351 g/mol. The molecule has 0 aromatic heterocycles. The minimum Gasteiger partial charge on any atom is -0.376 e. The summed E-state index contributed by atoms with van der Waals surface area (Å²) in [5.41, 5.74) is 0.807. The lowest BCUT2D eigenvalue weighted by Gasteiger charge is -2.41. The van der Waals surface area contributed by atoms with Gasteiger partial charge in [0.25, 0.3) is 0 Å². The van der Waals surface area contributed by atoms with E-state index in [2.05, 4.69) is 40.3 Å². The highest BCUT2D eigenvalue weighted by atomic mass is 79.9. The highest BCUT2D eigenvalue weighted by molar-refractivity contribution is 9.10. The van der Waals surface area contributed by atoms with Crippen LogP contribution in [0.1, 0.15) is 44.6 Å². The van der Waals surface area contributed by atoms with E-state index in [-0.39, 0.29) is 23.5 Å². The Hall–Kier alpha value is -0.870. The van der Waals surface area contributed by atoms with Crippen molar-refractivity contribution in [2.75, 3.05) is 6.61 Å². The Bertz CT molecular complexity index is 504. The normalized spacial score (nSPS) is 25.1. The maximum absolute atomic E-state index is 12.8. The molecule has 1 aromatic carbocycles. The van der Waals surface area contributed by atoms with Crippen molar-refractivity contribution in [1.82, 2.24) is 5.32 Å². The molecule has 0 bridgehead atoms. The molecule has 0 spiro atoms. The molecule has 2 aliphatic rings. The highest BCUT2D eigenvalue weighted by Gasteiger charge is 2.46. The van der Waals surface area contributed by atoms with Crippen molar-refractivity contribution in [2.45, 2.75) is 56.6 Å². The fourth-order valence-corrected chi connectivity index (χ4v) is 3.65. The van der Waals surface area contributed by atoms with Crippen LogP contribution in [-0.4, -0.2) is 24.7 Å². The quantitative estimate of drug-likeness (QED) is 0.900. The average molecular weight is 352 g/mol. The lowest BCUT2D eigenvalue weighted by molar-refractivity contribution is -0.131. The molecule has 1 saturated heterocycles. The van der Waals surface area contributed by atoms with Gasteiger partial charge in [0.1, 0.15) is 0 Å². The number of carbonyl (C=O) groups is 1. The lowest BCUT2D eigenvalue weighted by Crippen LogP contribution is -2.53. The molecular weight excluding hydrogens is 330 g/mol. The van der Waals surface area contributed by atoms with Gasteiger partial charge in [0.05, 0.1) is 17.6 Å². The SMILES string of the molecule is CC(NC(=O)C1(c2ccc(Br)cc2)CCC1)C1CCCO1. The fourth-order valence-electron chi connectivity index (χ4n) is 3.38. The molecule has 0 radical (unpaired) electrons. The Morgan fingerprint density at radius 2 is 2.05 bits per heavy atom. The van der Waals surface area contributed by atoms with Crippen LogP contribution in [0.3, 0.4) is 0 Å². The van der Waals surface area contributed by atoms with Crippen molar-refractivity contribution in [2.24, 2.45) is 0 Å². The number of halogens is 1. The Kier molecular flexibility index (Phi) is 4.36. The maximum Gasteiger partial charge on any atom is 0.230 e. The number of carbonyl (C=O) groups excluding carboxylic acids is 1. The van der Waals surface area contributed by atoms with Crippen LogP contribution in [0.2, 0.25) is 0 Å². The van der Waals surface area contributed by atoms with E-state index in [1.165, 1.54) is 0 Å². The van der Waals surface area contributed by atoms with E-state index in [9.17, 15) is 4.79 Å². The molecule has 3 nitrogen and oxygen atoms in total. The molecule has 2 unspecified atom stereocenters. The topological polar surface area (TPSA) is 38.3 Å². The van der Waals surface area contributed by atoms with Gasteiger partial charge >= 0.3 is 0 Å². The van der Waals surface area contributed by atoms with Crippen LogP contribution >= 0.6 is 15.9 Å². The van der Waals surface area contributed by atoms with E-state index in [1.807, 2.05) is 12.1 Å². The second kappa shape index (κ2) is 6.09. The molecule has 4 heteroatoms. The van der Waals surface area contributed by atoms with E-state index >= 15 is 0 Å². The zero-order chi connectivity index (χ0) is 14.9. The molecule has 114 valence electrons. The van der Waals surface area contributed by atoms with Crippen LogP contribution in [-0.2, 0) is 14.9 Å². The van der Waals surface area contributed by atoms with Gasteiger partial charge in [-0.05, 0) is 50.3 Å². The van der Waals surface area contributed by atoms with Crippen molar-refractivity contribution in [1.29, 1.82) is 0 Å². The van der Waals surface area contributed by atoms with Crippen LogP contribution in [0.15, 0.2) is 28.7 Å². The predicted molar refractivity (Wildman–Crippen MR) is 86.2 cm³/mol. The van der Waals surface area contributed by atoms with Crippen LogP contribution < -0.4 is 5.32 Å². The first kappa shape index (κ1) is 15.0. The van der Waals surface area contributed by atoms with Crippen LogP contribution in [0, 0.1) is 0 Å². The molecule has 1 aliphatic carbocycles. The van der Waals surface area contributed by atoms with Gasteiger partial charge in [-0.15, -0.1) is 0 Å². The smallest absolute Gasteiger partial charge is 0.230 e. The summed E-state index contributed by atoms with van der Waals surface area (Å²) in [7, 11) is 0. The van der Waals surface area contributed by atoms with Crippen molar-refractivity contribution in [3.05, 3.63) is 34.3 Å². The molecule has 1 N–H and O–H groups in total. The first-order valence-electron chi connectivity index (χ1n) is 7.80. The Morgan fingerprint density at radius 1 is 1.33 bits per heavy atom. The molecule has 3 rings (SSSR count). The van der Waals surface area contributed by atoms with E-state index < -0.39 is 0 Å². The van der Waals surface area contributed by atoms with E-state index in [0.717, 1.165) is 48.7 Å². The molecule has 2 fully saturated rings. The molecule has 2 atom stereocenters. The van der Waals surface area contributed by atoms with Gasteiger partial charge in [-0.25, -0.2) is 0 Å². The summed E-state index contributed by atoms with van der Waals surface area (Å²) in [6, 6.07) is 8.27. The zero-order valence-corrected chi connectivity index (χ0v) is 14.0. The summed E-state index contributed by atoms with van der Waals surface area (Å²) >= 11 is 3.46. The number of ether oxygens (including phenoxy) is 1. The molecule has 1 amide bonds. The largest absolute Gasteiger partial charge is 0.376 e. The lowest BCUT2D eigenvalue weighted by atomic mass is 9.63. The van der Waals surface area contributed by atoms with Gasteiger partial charge in [0.2, 0.25) is 5.91 Å². The van der Waals surface area contributed by atoms with Gasteiger partial charge in [0.15, 0.2) is 0 Å². The number of hydrogen-bond acceptors (Lipinski definition) is 2. The summed E-state index contributed by atoms with van der Waals surface area (Å²) in [5.74, 6) is 0.166. The van der Waals surface area contributed by atoms with Crippen molar-refractivity contribution < 1.29 is 9.53 Å². The van der Waals surface area contributed by atoms with E-state index in [0.29, 0.717) is 0 Å². The van der Waals surface area contributed by atoms with Crippen LogP contribution in [0.4, 0.5) is 0 Å². The minimum atomic E-state index is -0.326. The van der Waals surface area contributed by atoms with Gasteiger partial charge in [-0.2, -0.15) is 0 Å². The Morgan fingerprint density at radius 3 is 2.57 bits per heavy atom. The number of nitrogens with one attached hydrogen (secondary N) is 1. The third-order valence-electron chi connectivity index (χ3n) is 4.92. The maximum atomic E-state index is 12.8. The van der Waals surface area contributed by atoms with Crippen molar-refractivity contribution >= 4 is 21.8 Å². The Balaban J connectivity index is 1.72. The fraction of sp³-hybridized carbons (Fsp3) is 0.588. The summed E-state index contributed by atoms with van der Waals surface area (Å²) in [4.78, 5) is 12.8. The molecule has 1 aliphatic heterocycles. The van der Waals surface area contributed by atoms with Gasteiger partial charge < -0.3 is 10.1 Å². The zero-order valence-electron chi connectivity index (χ0n) is 12.4. The number of rotatable bonds is 4. The predicted octanol–water partition coefficient (Wildman–Crippen LogP) is 3.55. The van der Waals surface area contributed by atoms with E-state index in [4.69, 9.17) is 4.74 Å². The summed E-state index contributed by atoms with van der Waals surface area (Å²) in [6.45, 7) is 2.88. The summed E-state index contributed by atoms with van der Waals surface area (Å²) in [6.07, 6.45) is 5.33. The Labute approximate surface area is 134 Å². The van der Waals surface area contributed by atoms with Gasteiger partial charge in [-0.1, -0.05) is 34.5 Å². The third kappa shape index (κ3) is 2.88. The van der Waals surface area contributed by atoms with Gasteiger partial charge in [-0.3, -0.25) is 4.79 Å². The molecule has 1 heterocycles. The number of benzene rings is 1. The molecule has 21 heavy (non-hydrogen) atoms. The minimum absolute atomic E-state index is 0.0907. The van der Waals surface area contributed by atoms with Crippen LogP contribution in [0.25, 0.3) is 0 Å². The average Bonchev–Trinajstić information content (AvgIpc) is 2.93. The number of amides is 1. The second-order valence-corrected chi connectivity index (χ2v) is 7.17. The highest BCUT2D eigenvalue weighted by Crippen LogP contribution is 2.44.